The van der Waals surface area contributed by atoms with Crippen LogP contribution in [0.3, 0.4) is 0 Å². The van der Waals surface area contributed by atoms with Crippen LogP contribution in [0.15, 0.2) is 36.4 Å². The van der Waals surface area contributed by atoms with Gasteiger partial charge in [0.15, 0.2) is 0 Å². The van der Waals surface area contributed by atoms with Crippen LogP contribution in [0.5, 0.6) is 17.2 Å². The summed E-state index contributed by atoms with van der Waals surface area (Å²) < 4.78 is 25.7. The Balaban J connectivity index is 1.23. The minimum absolute atomic E-state index is 0.0407. The second kappa shape index (κ2) is 11.9. The van der Waals surface area contributed by atoms with Gasteiger partial charge in [0.25, 0.3) is 0 Å². The highest BCUT2D eigenvalue weighted by molar-refractivity contribution is 5.96. The number of carbonyl (C=O) groups excluding carboxylic acids is 2. The number of aliphatic hydroxyl groups is 1. The lowest BCUT2D eigenvalue weighted by molar-refractivity contribution is -0.141. The number of esters is 1. The lowest BCUT2D eigenvalue weighted by Gasteiger charge is -2.35. The van der Waals surface area contributed by atoms with E-state index in [9.17, 15) is 14.7 Å². The molecule has 1 aromatic carbocycles. The molecule has 3 fully saturated rings. The van der Waals surface area contributed by atoms with Crippen LogP contribution in [0.1, 0.15) is 50.7 Å². The Hall–Kier alpha value is -4.11. The minimum atomic E-state index is -1.01. The van der Waals surface area contributed by atoms with Gasteiger partial charge in [0, 0.05) is 37.0 Å². The molecule has 5 unspecified atom stereocenters. The van der Waals surface area contributed by atoms with Gasteiger partial charge in [-0.05, 0) is 44.3 Å². The number of allylic oxidation sites excluding steroid dienone is 3. The SMILES string of the molecule is CCOC(=O)C1=CC(=CCn2ccnc2N2CNC3C(=O)NC(N)NC32)c2c(cc3c(c2OC)CC(C(C)(O)C2CCCC2)O3)O1. The van der Waals surface area contributed by atoms with E-state index in [-0.39, 0.29) is 30.4 Å². The van der Waals surface area contributed by atoms with E-state index < -0.39 is 30.0 Å². The molecule has 0 bridgehead atoms. The largest absolute Gasteiger partial charge is 0.496 e. The topological polar surface area (TPSA) is 174 Å². The van der Waals surface area contributed by atoms with Crippen LogP contribution in [-0.4, -0.2) is 77.1 Å². The number of aromatic nitrogens is 2. The number of rotatable bonds is 8. The number of imidazole rings is 1. The van der Waals surface area contributed by atoms with Crippen molar-refractivity contribution in [2.75, 3.05) is 25.3 Å². The minimum Gasteiger partial charge on any atom is -0.496 e. The van der Waals surface area contributed by atoms with Crippen molar-refractivity contribution in [3.05, 3.63) is 47.5 Å². The molecule has 0 radical (unpaired) electrons. The van der Waals surface area contributed by atoms with E-state index in [1.54, 1.807) is 32.4 Å². The van der Waals surface area contributed by atoms with E-state index in [0.29, 0.717) is 54.0 Å². The van der Waals surface area contributed by atoms with Crippen molar-refractivity contribution in [1.82, 2.24) is 25.5 Å². The number of benzene rings is 1. The van der Waals surface area contributed by atoms with Crippen molar-refractivity contribution in [3.63, 3.8) is 0 Å². The molecule has 5 heterocycles. The number of amides is 1. The number of carbonyl (C=O) groups is 2. The molecule has 4 aliphatic heterocycles. The molecular weight excluding hydrogens is 594 g/mol. The molecular formula is C32H41N7O7. The fourth-order valence-corrected chi connectivity index (χ4v) is 7.41. The summed E-state index contributed by atoms with van der Waals surface area (Å²) in [5.41, 5.74) is 7.22. The summed E-state index contributed by atoms with van der Waals surface area (Å²) in [7, 11) is 1.60. The highest BCUT2D eigenvalue weighted by Gasteiger charge is 2.47. The molecule has 14 heteroatoms. The number of hydrogen-bond donors (Lipinski definition) is 5. The van der Waals surface area contributed by atoms with E-state index >= 15 is 0 Å². The van der Waals surface area contributed by atoms with Crippen LogP contribution in [-0.2, 0) is 27.3 Å². The maximum absolute atomic E-state index is 12.9. The number of anilines is 1. The Morgan fingerprint density at radius 1 is 1.30 bits per heavy atom. The van der Waals surface area contributed by atoms with E-state index in [0.717, 1.165) is 31.2 Å². The van der Waals surface area contributed by atoms with Crippen molar-refractivity contribution >= 4 is 23.4 Å². The fourth-order valence-electron chi connectivity index (χ4n) is 7.41. The number of hydrogen-bond acceptors (Lipinski definition) is 12. The van der Waals surface area contributed by atoms with Gasteiger partial charge in [-0.25, -0.2) is 9.78 Å². The van der Waals surface area contributed by atoms with Gasteiger partial charge in [0.05, 0.1) is 25.9 Å². The highest BCUT2D eigenvalue weighted by Crippen LogP contribution is 2.51. The lowest BCUT2D eigenvalue weighted by atomic mass is 9.81. The molecule has 1 aromatic heterocycles. The van der Waals surface area contributed by atoms with E-state index in [2.05, 4.69) is 20.9 Å². The summed E-state index contributed by atoms with van der Waals surface area (Å²) in [5.74, 6) is 1.62. The first-order valence-corrected chi connectivity index (χ1v) is 15.9. The third kappa shape index (κ3) is 5.18. The second-order valence-electron chi connectivity index (χ2n) is 12.6. The number of nitrogens with two attached hydrogens (primary N) is 1. The number of fused-ring (bicyclic) bond motifs is 3. The van der Waals surface area contributed by atoms with Crippen molar-refractivity contribution in [3.8, 4) is 17.2 Å². The van der Waals surface area contributed by atoms with Crippen LogP contribution < -0.4 is 40.8 Å². The third-order valence-electron chi connectivity index (χ3n) is 9.80. The Kier molecular flexibility index (Phi) is 7.91. The fraction of sp³-hybridized carbons (Fsp3) is 0.531. The zero-order chi connectivity index (χ0) is 32.2. The average Bonchev–Trinajstić information content (AvgIpc) is 3.85. The monoisotopic (exact) mass is 635 g/mol. The van der Waals surface area contributed by atoms with Gasteiger partial charge in [-0.1, -0.05) is 18.9 Å². The number of methoxy groups -OCH3 is 1. The molecule has 46 heavy (non-hydrogen) atoms. The van der Waals surface area contributed by atoms with Crippen LogP contribution in [0.4, 0.5) is 5.95 Å². The van der Waals surface area contributed by atoms with Gasteiger partial charge < -0.3 is 38.8 Å². The standard InChI is InChI=1S/C32H41N7O7/c1-4-44-29(41)22-13-17(9-11-38-12-10-34-31(38)39-16-35-25-27(39)36-30(33)37-28(25)40)24-21(45-22)15-20-19(26(24)43-3)14-23(46-20)32(2,42)18-7-5-6-8-18/h9-10,12-13,15,18,23,25,27,30,35-36,42H,4-8,11,14,16,33H2,1-3H3,(H,37,40). The van der Waals surface area contributed by atoms with Crippen LogP contribution in [0, 0.1) is 5.92 Å². The van der Waals surface area contributed by atoms with E-state index in [4.69, 9.17) is 24.7 Å². The van der Waals surface area contributed by atoms with E-state index in [1.165, 1.54) is 0 Å². The molecule has 0 spiro atoms. The van der Waals surface area contributed by atoms with Gasteiger partial charge in [0.1, 0.15) is 47.5 Å². The Morgan fingerprint density at radius 3 is 2.87 bits per heavy atom. The molecule has 1 saturated carbocycles. The maximum Gasteiger partial charge on any atom is 0.374 e. The van der Waals surface area contributed by atoms with Gasteiger partial charge in [-0.2, -0.15) is 0 Å². The second-order valence-corrected chi connectivity index (χ2v) is 12.6. The van der Waals surface area contributed by atoms with Gasteiger partial charge >= 0.3 is 5.97 Å². The van der Waals surface area contributed by atoms with Crippen molar-refractivity contribution in [2.45, 2.75) is 82.7 Å². The zero-order valence-corrected chi connectivity index (χ0v) is 26.2. The lowest BCUT2D eigenvalue weighted by Crippen LogP contribution is -2.70. The number of nitrogens with one attached hydrogen (secondary N) is 3. The van der Waals surface area contributed by atoms with Crippen molar-refractivity contribution in [2.24, 2.45) is 11.7 Å². The number of ether oxygens (including phenoxy) is 4. The molecule has 1 aliphatic carbocycles. The summed E-state index contributed by atoms with van der Waals surface area (Å²) in [6.07, 6.45) is 10.3. The first-order chi connectivity index (χ1) is 22.2. The molecule has 2 saturated heterocycles. The number of nitrogens with zero attached hydrogens (tertiary/aromatic N) is 3. The summed E-state index contributed by atoms with van der Waals surface area (Å²) in [6.45, 7) is 4.57. The van der Waals surface area contributed by atoms with Crippen LogP contribution >= 0.6 is 0 Å². The molecule has 1 amide bonds. The molecule has 2 aromatic rings. The Morgan fingerprint density at radius 2 is 2.11 bits per heavy atom. The average molecular weight is 636 g/mol. The summed E-state index contributed by atoms with van der Waals surface area (Å²) >= 11 is 0. The van der Waals surface area contributed by atoms with Crippen LogP contribution in [0.25, 0.3) is 5.57 Å². The van der Waals surface area contributed by atoms with E-state index in [1.807, 2.05) is 28.7 Å². The van der Waals surface area contributed by atoms with Gasteiger partial charge in [-0.15, -0.1) is 0 Å². The molecule has 5 aliphatic rings. The highest BCUT2D eigenvalue weighted by atomic mass is 16.6. The quantitative estimate of drug-likeness (QED) is 0.262. The Labute approximate surface area is 266 Å². The summed E-state index contributed by atoms with van der Waals surface area (Å²) in [5, 5.41) is 20.7. The zero-order valence-electron chi connectivity index (χ0n) is 26.2. The molecule has 6 N–H and O–H groups in total. The maximum atomic E-state index is 12.9. The van der Waals surface area contributed by atoms with Crippen molar-refractivity contribution < 1.29 is 33.6 Å². The Bertz CT molecular complexity index is 1590. The molecule has 7 rings (SSSR count). The van der Waals surface area contributed by atoms with Gasteiger partial charge in [-0.3, -0.25) is 21.2 Å². The van der Waals surface area contributed by atoms with Gasteiger partial charge in [0.2, 0.25) is 17.6 Å². The van der Waals surface area contributed by atoms with Crippen molar-refractivity contribution in [1.29, 1.82) is 0 Å². The first kappa shape index (κ1) is 30.5. The van der Waals surface area contributed by atoms with Crippen LogP contribution in [0.2, 0.25) is 0 Å². The predicted octanol–water partition coefficient (Wildman–Crippen LogP) is 1.08. The summed E-state index contributed by atoms with van der Waals surface area (Å²) in [4.78, 5) is 32.0. The molecule has 246 valence electrons. The normalized spacial score (nSPS) is 27.6. The third-order valence-corrected chi connectivity index (χ3v) is 9.80. The molecule has 5 atom stereocenters. The summed E-state index contributed by atoms with van der Waals surface area (Å²) in [6, 6.07) is 1.30. The predicted molar refractivity (Wildman–Crippen MR) is 167 cm³/mol. The molecule has 14 nitrogen and oxygen atoms in total. The smallest absolute Gasteiger partial charge is 0.374 e. The first-order valence-electron chi connectivity index (χ1n) is 15.9.